The third kappa shape index (κ3) is 5.61. The molecule has 2 heterocycles. The number of alkyl halides is 3. The van der Waals surface area contributed by atoms with Crippen molar-refractivity contribution in [1.29, 1.82) is 0 Å². The maximum Gasteiger partial charge on any atom is 0.418 e. The van der Waals surface area contributed by atoms with Crippen molar-refractivity contribution < 1.29 is 22.7 Å². The zero-order valence-electron chi connectivity index (χ0n) is 14.9. The van der Waals surface area contributed by atoms with Gasteiger partial charge in [0.15, 0.2) is 0 Å². The van der Waals surface area contributed by atoms with Gasteiger partial charge in [-0.1, -0.05) is 0 Å². The van der Waals surface area contributed by atoms with Crippen molar-refractivity contribution in [2.24, 2.45) is 0 Å². The lowest BCUT2D eigenvalue weighted by atomic mass is 9.96. The fourth-order valence-electron chi connectivity index (χ4n) is 3.06. The molecule has 0 spiro atoms. The zero-order valence-corrected chi connectivity index (χ0v) is 14.9. The summed E-state index contributed by atoms with van der Waals surface area (Å²) >= 11 is 0. The number of halogens is 3. The molecule has 25 heavy (non-hydrogen) atoms. The Morgan fingerprint density at radius 1 is 1.32 bits per heavy atom. The maximum absolute atomic E-state index is 13.1. The molecule has 1 saturated heterocycles. The molecule has 2 rings (SSSR count). The molecule has 1 aromatic rings. The summed E-state index contributed by atoms with van der Waals surface area (Å²) in [6.07, 6.45) is -0.204. The van der Waals surface area contributed by atoms with E-state index in [4.69, 9.17) is 4.74 Å². The van der Waals surface area contributed by atoms with E-state index in [0.29, 0.717) is 13.0 Å². The van der Waals surface area contributed by atoms with Crippen LogP contribution in [-0.2, 0) is 17.3 Å². The summed E-state index contributed by atoms with van der Waals surface area (Å²) in [5, 5.41) is 0. The fourth-order valence-corrected chi connectivity index (χ4v) is 3.06. The molecule has 1 fully saturated rings. The van der Waals surface area contributed by atoms with Crippen molar-refractivity contribution in [3.63, 3.8) is 0 Å². The van der Waals surface area contributed by atoms with E-state index in [1.807, 2.05) is 0 Å². The lowest BCUT2D eigenvalue weighted by molar-refractivity contribution is -0.138. The Morgan fingerprint density at radius 2 is 2.04 bits per heavy atom. The van der Waals surface area contributed by atoms with Crippen LogP contribution in [-0.4, -0.2) is 34.2 Å². The van der Waals surface area contributed by atoms with Crippen molar-refractivity contribution in [2.45, 2.75) is 70.7 Å². The first-order valence-corrected chi connectivity index (χ1v) is 8.58. The van der Waals surface area contributed by atoms with E-state index in [1.165, 1.54) is 12.3 Å². The van der Waals surface area contributed by atoms with Crippen LogP contribution in [0, 0.1) is 0 Å². The zero-order chi connectivity index (χ0) is 18.7. The van der Waals surface area contributed by atoms with E-state index in [0.717, 1.165) is 25.3 Å². The predicted molar refractivity (Wildman–Crippen MR) is 88.1 cm³/mol. The van der Waals surface area contributed by atoms with Gasteiger partial charge < -0.3 is 9.64 Å². The third-order valence-electron chi connectivity index (χ3n) is 4.17. The Balaban J connectivity index is 2.07. The Hall–Kier alpha value is -1.79. The molecule has 140 valence electrons. The van der Waals surface area contributed by atoms with Gasteiger partial charge in [0.25, 0.3) is 0 Å². The largest absolute Gasteiger partial charge is 0.444 e. The maximum atomic E-state index is 13.1. The Kier molecular flexibility index (Phi) is 5.95. The van der Waals surface area contributed by atoms with Crippen molar-refractivity contribution in [2.75, 3.05) is 6.54 Å². The summed E-state index contributed by atoms with van der Waals surface area (Å²) in [7, 11) is 0. The number of amides is 1. The van der Waals surface area contributed by atoms with Crippen molar-refractivity contribution in [3.05, 3.63) is 29.6 Å². The fraction of sp³-hybridized carbons (Fsp3) is 0.667. The molecule has 0 radical (unpaired) electrons. The topological polar surface area (TPSA) is 42.4 Å². The molecule has 1 unspecified atom stereocenters. The Labute approximate surface area is 146 Å². The number of aromatic nitrogens is 1. The van der Waals surface area contributed by atoms with Crippen LogP contribution >= 0.6 is 0 Å². The molecular weight excluding hydrogens is 333 g/mol. The average Bonchev–Trinajstić information content (AvgIpc) is 2.51. The molecule has 1 aliphatic heterocycles. The molecule has 4 nitrogen and oxygen atoms in total. The highest BCUT2D eigenvalue weighted by Crippen LogP contribution is 2.32. The monoisotopic (exact) mass is 358 g/mol. The van der Waals surface area contributed by atoms with Gasteiger partial charge in [0.2, 0.25) is 0 Å². The quantitative estimate of drug-likeness (QED) is 0.778. The number of rotatable bonds is 3. The standard InChI is InChI=1S/C18H25F3N2O2/c1-17(2,3)25-16(24)23-12-5-4-7-13(23)9-10-15-14(18(19,20)21)8-6-11-22-15/h6,8,11,13H,4-5,7,9-10,12H2,1-3H3. The van der Waals surface area contributed by atoms with Gasteiger partial charge in [-0.3, -0.25) is 4.98 Å². The number of hydrogen-bond acceptors (Lipinski definition) is 3. The van der Waals surface area contributed by atoms with Crippen LogP contribution in [0.25, 0.3) is 0 Å². The molecule has 0 aliphatic carbocycles. The van der Waals surface area contributed by atoms with E-state index in [-0.39, 0.29) is 18.2 Å². The summed E-state index contributed by atoms with van der Waals surface area (Å²) in [6.45, 7) is 5.97. The smallest absolute Gasteiger partial charge is 0.418 e. The summed E-state index contributed by atoms with van der Waals surface area (Å²) < 4.78 is 44.7. The molecule has 1 aromatic heterocycles. The number of carbonyl (C=O) groups excluding carboxylic acids is 1. The highest BCUT2D eigenvalue weighted by atomic mass is 19.4. The van der Waals surface area contributed by atoms with E-state index >= 15 is 0 Å². The number of pyridine rings is 1. The molecule has 0 aromatic carbocycles. The highest BCUT2D eigenvalue weighted by Gasteiger charge is 2.35. The summed E-state index contributed by atoms with van der Waals surface area (Å²) in [5.41, 5.74) is -1.26. The lowest BCUT2D eigenvalue weighted by Gasteiger charge is -2.37. The first-order valence-electron chi connectivity index (χ1n) is 8.58. The minimum absolute atomic E-state index is 0.0321. The van der Waals surface area contributed by atoms with Crippen LogP contribution in [0.1, 0.15) is 57.7 Å². The third-order valence-corrected chi connectivity index (χ3v) is 4.17. The molecular formula is C18H25F3N2O2. The first-order chi connectivity index (χ1) is 11.6. The normalized spacial score (nSPS) is 19.0. The number of piperidine rings is 1. The molecule has 1 aliphatic rings. The summed E-state index contributed by atoms with van der Waals surface area (Å²) in [6, 6.07) is 2.22. The minimum Gasteiger partial charge on any atom is -0.444 e. The first kappa shape index (κ1) is 19.5. The molecule has 0 saturated carbocycles. The second-order valence-corrected chi connectivity index (χ2v) is 7.36. The van der Waals surface area contributed by atoms with Crippen LogP contribution in [0.2, 0.25) is 0 Å². The summed E-state index contributed by atoms with van der Waals surface area (Å²) in [4.78, 5) is 17.9. The highest BCUT2D eigenvalue weighted by molar-refractivity contribution is 5.68. The number of likely N-dealkylation sites (tertiary alicyclic amines) is 1. The van der Waals surface area contributed by atoms with Gasteiger partial charge in [-0.2, -0.15) is 13.2 Å². The van der Waals surface area contributed by atoms with Gasteiger partial charge >= 0.3 is 12.3 Å². The van der Waals surface area contributed by atoms with Crippen LogP contribution in [0.15, 0.2) is 18.3 Å². The van der Waals surface area contributed by atoms with Crippen LogP contribution in [0.4, 0.5) is 18.0 Å². The van der Waals surface area contributed by atoms with Crippen LogP contribution < -0.4 is 0 Å². The molecule has 1 amide bonds. The van der Waals surface area contributed by atoms with E-state index in [1.54, 1.807) is 25.7 Å². The van der Waals surface area contributed by atoms with Crippen molar-refractivity contribution in [3.8, 4) is 0 Å². The lowest BCUT2D eigenvalue weighted by Crippen LogP contribution is -2.46. The van der Waals surface area contributed by atoms with E-state index < -0.39 is 23.4 Å². The molecule has 0 bridgehead atoms. The van der Waals surface area contributed by atoms with Gasteiger partial charge in [-0.05, 0) is 65.0 Å². The number of hydrogen-bond donors (Lipinski definition) is 0. The van der Waals surface area contributed by atoms with E-state index in [9.17, 15) is 18.0 Å². The molecule has 7 heteroatoms. The van der Waals surface area contributed by atoms with Gasteiger partial charge in [-0.25, -0.2) is 4.79 Å². The van der Waals surface area contributed by atoms with E-state index in [2.05, 4.69) is 4.98 Å². The van der Waals surface area contributed by atoms with Crippen LogP contribution in [0.5, 0.6) is 0 Å². The second-order valence-electron chi connectivity index (χ2n) is 7.36. The predicted octanol–water partition coefficient (Wildman–Crippen LogP) is 4.82. The Bertz CT molecular complexity index is 597. The van der Waals surface area contributed by atoms with Gasteiger partial charge in [0.05, 0.1) is 11.3 Å². The van der Waals surface area contributed by atoms with Crippen molar-refractivity contribution in [1.82, 2.24) is 9.88 Å². The molecule has 1 atom stereocenters. The van der Waals surface area contributed by atoms with Gasteiger partial charge in [0.1, 0.15) is 5.60 Å². The van der Waals surface area contributed by atoms with Gasteiger partial charge in [-0.15, -0.1) is 0 Å². The number of nitrogens with zero attached hydrogens (tertiary/aromatic N) is 2. The average molecular weight is 358 g/mol. The number of carbonyl (C=O) groups is 1. The number of aryl methyl sites for hydroxylation is 1. The SMILES string of the molecule is CC(C)(C)OC(=O)N1CCCCC1CCc1ncccc1C(F)(F)F. The second kappa shape index (κ2) is 7.62. The van der Waals surface area contributed by atoms with Crippen molar-refractivity contribution >= 4 is 6.09 Å². The van der Waals surface area contributed by atoms with Gasteiger partial charge in [0, 0.05) is 18.8 Å². The minimum atomic E-state index is -4.42. The molecule has 0 N–H and O–H groups in total. The Morgan fingerprint density at radius 3 is 2.68 bits per heavy atom. The van der Waals surface area contributed by atoms with Crippen LogP contribution in [0.3, 0.4) is 0 Å². The summed E-state index contributed by atoms with van der Waals surface area (Å²) in [5.74, 6) is 0. The number of ether oxygens (including phenoxy) is 1.